The molecule has 0 bridgehead atoms. The molecule has 0 radical (unpaired) electrons. The van der Waals surface area contributed by atoms with Gasteiger partial charge in [-0.25, -0.2) is 0 Å². The van der Waals surface area contributed by atoms with E-state index in [0.717, 1.165) is 6.54 Å². The molecule has 0 aliphatic carbocycles. The molecule has 1 aliphatic rings. The number of carboxylic acids is 1. The Morgan fingerprint density at radius 2 is 2.36 bits per heavy atom. The van der Waals surface area contributed by atoms with Crippen molar-refractivity contribution in [2.75, 3.05) is 13.2 Å². The van der Waals surface area contributed by atoms with Crippen molar-refractivity contribution in [2.45, 2.75) is 25.4 Å². The predicted octanol–water partition coefficient (Wildman–Crippen LogP) is -0.474. The van der Waals surface area contributed by atoms with Gasteiger partial charge in [0.15, 0.2) is 0 Å². The molecule has 0 aromatic carbocycles. The Morgan fingerprint density at radius 3 is 2.64 bits per heavy atom. The summed E-state index contributed by atoms with van der Waals surface area (Å²) in [5.41, 5.74) is 0. The summed E-state index contributed by atoms with van der Waals surface area (Å²) in [6, 6.07) is -0.0994. The van der Waals surface area contributed by atoms with E-state index in [2.05, 4.69) is 0 Å². The summed E-state index contributed by atoms with van der Waals surface area (Å²) < 4.78 is 0. The topological polar surface area (TPSA) is 60.5 Å². The number of nitrogens with zero attached hydrogens (tertiary/aromatic N) is 1. The van der Waals surface area contributed by atoms with Gasteiger partial charge in [-0.05, 0) is 13.3 Å². The summed E-state index contributed by atoms with van der Waals surface area (Å²) in [5, 5.41) is 17.2. The van der Waals surface area contributed by atoms with E-state index in [-0.39, 0.29) is 6.61 Å². The maximum atomic E-state index is 10.6. The maximum absolute atomic E-state index is 10.6. The van der Waals surface area contributed by atoms with E-state index >= 15 is 0 Å². The van der Waals surface area contributed by atoms with Crippen LogP contribution >= 0.6 is 0 Å². The molecule has 1 saturated heterocycles. The molecule has 11 heavy (non-hydrogen) atoms. The minimum absolute atomic E-state index is 0.0554. The van der Waals surface area contributed by atoms with Crippen LogP contribution < -0.4 is 0 Å². The zero-order chi connectivity index (χ0) is 8.43. The minimum Gasteiger partial charge on any atom is -0.480 e. The molecule has 1 heterocycles. The Hall–Kier alpha value is -0.610. The molecular formula is C7H13NO3. The third kappa shape index (κ3) is 1.91. The van der Waals surface area contributed by atoms with E-state index in [1.807, 2.05) is 11.8 Å². The fraction of sp³-hybridized carbons (Fsp3) is 0.857. The van der Waals surface area contributed by atoms with E-state index in [1.54, 1.807) is 0 Å². The van der Waals surface area contributed by atoms with Crippen molar-refractivity contribution in [1.82, 2.24) is 4.90 Å². The number of hydrogen-bond acceptors (Lipinski definition) is 3. The Kier molecular flexibility index (Phi) is 2.46. The average molecular weight is 159 g/mol. The molecule has 0 saturated carbocycles. The maximum Gasteiger partial charge on any atom is 0.321 e. The predicted molar refractivity (Wildman–Crippen MR) is 39.3 cm³/mol. The molecule has 0 spiro atoms. The lowest BCUT2D eigenvalue weighted by Gasteiger charge is -2.11. The number of aliphatic hydroxyl groups is 1. The lowest BCUT2D eigenvalue weighted by atomic mass is 10.2. The van der Waals surface area contributed by atoms with Crippen molar-refractivity contribution < 1.29 is 15.0 Å². The van der Waals surface area contributed by atoms with Crippen LogP contribution in [0.1, 0.15) is 13.3 Å². The highest BCUT2D eigenvalue weighted by Crippen LogP contribution is 2.22. The number of rotatable bonds is 4. The quantitative estimate of drug-likeness (QED) is 0.544. The van der Waals surface area contributed by atoms with Crippen molar-refractivity contribution >= 4 is 5.97 Å². The largest absolute Gasteiger partial charge is 0.480 e. The third-order valence-electron chi connectivity index (χ3n) is 2.00. The molecule has 3 atom stereocenters. The first-order valence-corrected chi connectivity index (χ1v) is 3.76. The second-order valence-corrected chi connectivity index (χ2v) is 2.91. The summed E-state index contributed by atoms with van der Waals surface area (Å²) in [5.74, 6) is -0.830. The summed E-state index contributed by atoms with van der Waals surface area (Å²) in [7, 11) is 0. The molecular weight excluding hydrogens is 146 g/mol. The standard InChI is InChI=1S/C7H13NO3/c1-5-4-8(5)6(2-3-9)7(10)11/h5-6,9H,2-4H2,1H3,(H,10,11). The van der Waals surface area contributed by atoms with E-state index in [9.17, 15) is 4.79 Å². The van der Waals surface area contributed by atoms with Gasteiger partial charge in [-0.3, -0.25) is 9.69 Å². The number of aliphatic hydroxyl groups excluding tert-OH is 1. The van der Waals surface area contributed by atoms with Gasteiger partial charge in [-0.1, -0.05) is 0 Å². The van der Waals surface area contributed by atoms with Crippen molar-refractivity contribution in [3.8, 4) is 0 Å². The van der Waals surface area contributed by atoms with Crippen LogP contribution in [0.15, 0.2) is 0 Å². The number of aliphatic carboxylic acids is 1. The van der Waals surface area contributed by atoms with Crippen molar-refractivity contribution in [2.24, 2.45) is 0 Å². The number of carbonyl (C=O) groups is 1. The first-order valence-electron chi connectivity index (χ1n) is 3.76. The molecule has 2 N–H and O–H groups in total. The lowest BCUT2D eigenvalue weighted by Crippen LogP contribution is -2.30. The third-order valence-corrected chi connectivity index (χ3v) is 2.00. The molecule has 4 heteroatoms. The molecule has 1 aliphatic heterocycles. The van der Waals surface area contributed by atoms with E-state index in [0.29, 0.717) is 12.5 Å². The smallest absolute Gasteiger partial charge is 0.321 e. The van der Waals surface area contributed by atoms with Gasteiger partial charge < -0.3 is 10.2 Å². The normalized spacial score (nSPS) is 31.5. The highest BCUT2D eigenvalue weighted by Gasteiger charge is 2.39. The highest BCUT2D eigenvalue weighted by molar-refractivity contribution is 5.73. The zero-order valence-electron chi connectivity index (χ0n) is 6.53. The zero-order valence-corrected chi connectivity index (χ0v) is 6.53. The average Bonchev–Trinajstić information content (AvgIpc) is 2.61. The molecule has 4 nitrogen and oxygen atoms in total. The molecule has 0 aromatic rings. The second kappa shape index (κ2) is 3.19. The first-order chi connectivity index (χ1) is 5.16. The fourth-order valence-electron chi connectivity index (χ4n) is 1.25. The van der Waals surface area contributed by atoms with Gasteiger partial charge in [0.05, 0.1) is 0 Å². The monoisotopic (exact) mass is 159 g/mol. The molecule has 0 aromatic heterocycles. The van der Waals surface area contributed by atoms with E-state index in [1.165, 1.54) is 0 Å². The Bertz CT molecular complexity index is 160. The van der Waals surface area contributed by atoms with Gasteiger partial charge in [0.25, 0.3) is 0 Å². The fourth-order valence-corrected chi connectivity index (χ4v) is 1.25. The van der Waals surface area contributed by atoms with Gasteiger partial charge in [0.1, 0.15) is 6.04 Å². The van der Waals surface area contributed by atoms with Crippen molar-refractivity contribution in [1.29, 1.82) is 0 Å². The summed E-state index contributed by atoms with van der Waals surface area (Å²) in [4.78, 5) is 12.4. The molecule has 1 fully saturated rings. The van der Waals surface area contributed by atoms with Crippen LogP contribution in [0.25, 0.3) is 0 Å². The van der Waals surface area contributed by atoms with Gasteiger partial charge >= 0.3 is 5.97 Å². The molecule has 0 amide bonds. The van der Waals surface area contributed by atoms with Crippen molar-refractivity contribution in [3.05, 3.63) is 0 Å². The van der Waals surface area contributed by atoms with E-state index < -0.39 is 12.0 Å². The van der Waals surface area contributed by atoms with Crippen LogP contribution in [0.5, 0.6) is 0 Å². The molecule has 64 valence electrons. The second-order valence-electron chi connectivity index (χ2n) is 2.91. The van der Waals surface area contributed by atoms with Crippen LogP contribution in [-0.4, -0.2) is 46.3 Å². The highest BCUT2D eigenvalue weighted by atomic mass is 16.4. The van der Waals surface area contributed by atoms with Gasteiger partial charge in [0.2, 0.25) is 0 Å². The van der Waals surface area contributed by atoms with Crippen LogP contribution in [0.2, 0.25) is 0 Å². The van der Waals surface area contributed by atoms with Gasteiger partial charge in [-0.15, -0.1) is 0 Å². The Morgan fingerprint density at radius 1 is 1.82 bits per heavy atom. The minimum atomic E-state index is -0.830. The van der Waals surface area contributed by atoms with Crippen molar-refractivity contribution in [3.63, 3.8) is 0 Å². The lowest BCUT2D eigenvalue weighted by molar-refractivity contribution is -0.141. The van der Waals surface area contributed by atoms with Gasteiger partial charge in [0, 0.05) is 19.2 Å². The summed E-state index contributed by atoms with van der Waals surface area (Å²) >= 11 is 0. The summed E-state index contributed by atoms with van der Waals surface area (Å²) in [6.07, 6.45) is 0.333. The van der Waals surface area contributed by atoms with Crippen LogP contribution in [-0.2, 0) is 4.79 Å². The van der Waals surface area contributed by atoms with Crippen LogP contribution in [0, 0.1) is 0 Å². The first kappa shape index (κ1) is 8.49. The number of carboxylic acid groups (broad SMARTS) is 1. The van der Waals surface area contributed by atoms with Crippen LogP contribution in [0.3, 0.4) is 0 Å². The number of hydrogen-bond donors (Lipinski definition) is 2. The Balaban J connectivity index is 2.40. The van der Waals surface area contributed by atoms with Crippen LogP contribution in [0.4, 0.5) is 0 Å². The summed E-state index contributed by atoms with van der Waals surface area (Å²) in [6.45, 7) is 2.77. The van der Waals surface area contributed by atoms with Gasteiger partial charge in [-0.2, -0.15) is 0 Å². The SMILES string of the molecule is CC1CN1C(CCO)C(=O)O. The molecule has 1 rings (SSSR count). The molecule has 3 unspecified atom stereocenters. The Labute approximate surface area is 65.4 Å². The van der Waals surface area contributed by atoms with E-state index in [4.69, 9.17) is 10.2 Å².